The molecule has 0 aliphatic carbocycles. The second-order valence-electron chi connectivity index (χ2n) is 6.62. The number of benzene rings is 3. The fourth-order valence-corrected chi connectivity index (χ4v) is 4.30. The second-order valence-corrected chi connectivity index (χ2v) is 7.79. The van der Waals surface area contributed by atoms with Gasteiger partial charge < -0.3 is 0 Å². The maximum absolute atomic E-state index is 12.9. The molecule has 4 rings (SSSR count). The van der Waals surface area contributed by atoms with Crippen LogP contribution in [0.15, 0.2) is 83.0 Å². The van der Waals surface area contributed by atoms with E-state index >= 15 is 0 Å². The molecule has 3 aromatic carbocycles. The summed E-state index contributed by atoms with van der Waals surface area (Å²) < 4.78 is 0. The molecule has 1 aliphatic heterocycles. The number of carbonyl (C=O) groups excluding carboxylic acids is 1. The molecule has 1 aliphatic rings. The molecule has 140 valence electrons. The summed E-state index contributed by atoms with van der Waals surface area (Å²) in [5.41, 5.74) is 2.09. The lowest BCUT2D eigenvalue weighted by Crippen LogP contribution is -2.31. The highest BCUT2D eigenvalue weighted by Crippen LogP contribution is 2.32. The Hall–Kier alpha value is -2.92. The summed E-state index contributed by atoms with van der Waals surface area (Å²) >= 11 is 1.50. The summed E-state index contributed by atoms with van der Waals surface area (Å²) in [5, 5.41) is 11.5. The van der Waals surface area contributed by atoms with Gasteiger partial charge >= 0.3 is 0 Å². The predicted molar refractivity (Wildman–Crippen MR) is 118 cm³/mol. The average molecular weight is 388 g/mol. The Bertz CT molecular complexity index is 1040. The minimum absolute atomic E-state index is 0.0966. The van der Waals surface area contributed by atoms with Crippen molar-refractivity contribution in [2.24, 2.45) is 10.2 Å². The number of hydrogen-bond donors (Lipinski definition) is 0. The molecular formula is C23H21N3OS. The standard InChI is InChI=1S/C23H21N3OS/c1-2-21-22(27)26(16-19-13-8-12-18-11-6-7-14-20(18)19)23(28-21)25-24-15-17-9-4-3-5-10-17/h3-15,21H,2,16H2,1H3/b24-15-,25-23+/t21-/m1/s1. The van der Waals surface area contributed by atoms with Crippen LogP contribution in [0.4, 0.5) is 0 Å². The van der Waals surface area contributed by atoms with Crippen LogP contribution in [0.3, 0.4) is 0 Å². The molecular weight excluding hydrogens is 366 g/mol. The predicted octanol–water partition coefficient (Wildman–Crippen LogP) is 5.08. The fraction of sp³-hybridized carbons (Fsp3) is 0.174. The number of nitrogens with zero attached hydrogens (tertiary/aromatic N) is 3. The van der Waals surface area contributed by atoms with Gasteiger partial charge in [0.1, 0.15) is 0 Å². The van der Waals surface area contributed by atoms with Crippen LogP contribution in [0.25, 0.3) is 10.8 Å². The number of fused-ring (bicyclic) bond motifs is 1. The van der Waals surface area contributed by atoms with Gasteiger partial charge in [-0.05, 0) is 28.3 Å². The van der Waals surface area contributed by atoms with Crippen molar-refractivity contribution >= 4 is 39.8 Å². The van der Waals surface area contributed by atoms with E-state index in [0.29, 0.717) is 11.7 Å². The minimum Gasteiger partial charge on any atom is -0.284 e. The molecule has 0 N–H and O–H groups in total. The van der Waals surface area contributed by atoms with Crippen LogP contribution in [-0.2, 0) is 11.3 Å². The lowest BCUT2D eigenvalue weighted by atomic mass is 10.0. The van der Waals surface area contributed by atoms with Gasteiger partial charge in [-0.15, -0.1) is 5.10 Å². The molecule has 0 saturated carbocycles. The average Bonchev–Trinajstić information content (AvgIpc) is 3.04. The van der Waals surface area contributed by atoms with Crippen LogP contribution < -0.4 is 0 Å². The fourth-order valence-electron chi connectivity index (χ4n) is 3.28. The Morgan fingerprint density at radius 3 is 2.57 bits per heavy atom. The van der Waals surface area contributed by atoms with E-state index in [2.05, 4.69) is 34.5 Å². The Morgan fingerprint density at radius 2 is 1.75 bits per heavy atom. The number of hydrogen-bond acceptors (Lipinski definition) is 4. The third kappa shape index (κ3) is 3.85. The van der Waals surface area contributed by atoms with Crippen LogP contribution in [0.2, 0.25) is 0 Å². The molecule has 1 atom stereocenters. The Labute approximate surface area is 169 Å². The molecule has 4 nitrogen and oxygen atoms in total. The zero-order valence-corrected chi connectivity index (χ0v) is 16.5. The van der Waals surface area contributed by atoms with Gasteiger partial charge in [-0.25, -0.2) is 0 Å². The molecule has 1 amide bonds. The van der Waals surface area contributed by atoms with Gasteiger partial charge in [-0.2, -0.15) is 5.10 Å². The van der Waals surface area contributed by atoms with Gasteiger partial charge in [0.2, 0.25) is 5.91 Å². The Balaban J connectivity index is 1.63. The first-order valence-electron chi connectivity index (χ1n) is 9.37. The van der Waals surface area contributed by atoms with Crippen molar-refractivity contribution in [3.63, 3.8) is 0 Å². The van der Waals surface area contributed by atoms with Gasteiger partial charge in [0, 0.05) is 0 Å². The molecule has 1 fully saturated rings. The largest absolute Gasteiger partial charge is 0.284 e. The van der Waals surface area contributed by atoms with Gasteiger partial charge in [-0.3, -0.25) is 9.69 Å². The third-order valence-electron chi connectivity index (χ3n) is 4.75. The van der Waals surface area contributed by atoms with E-state index in [1.165, 1.54) is 17.1 Å². The summed E-state index contributed by atoms with van der Waals surface area (Å²) in [4.78, 5) is 14.7. The molecule has 0 radical (unpaired) electrons. The topological polar surface area (TPSA) is 45.0 Å². The molecule has 3 aromatic rings. The van der Waals surface area contributed by atoms with Crippen molar-refractivity contribution in [1.82, 2.24) is 4.90 Å². The van der Waals surface area contributed by atoms with E-state index in [-0.39, 0.29) is 11.2 Å². The molecule has 0 spiro atoms. The molecule has 1 heterocycles. The van der Waals surface area contributed by atoms with Gasteiger partial charge in [0.05, 0.1) is 18.0 Å². The van der Waals surface area contributed by atoms with E-state index in [1.54, 1.807) is 11.1 Å². The Kier molecular flexibility index (Phi) is 5.53. The van der Waals surface area contributed by atoms with Crippen LogP contribution in [-0.4, -0.2) is 27.4 Å². The molecule has 0 bridgehead atoms. The molecule has 1 saturated heterocycles. The van der Waals surface area contributed by atoms with Crippen LogP contribution in [0, 0.1) is 0 Å². The number of carbonyl (C=O) groups is 1. The first-order valence-corrected chi connectivity index (χ1v) is 10.2. The number of amides is 1. The summed E-state index contributed by atoms with van der Waals surface area (Å²) in [6.45, 7) is 2.53. The lowest BCUT2D eigenvalue weighted by Gasteiger charge is -2.17. The normalized spacial score (nSPS) is 18.6. The van der Waals surface area contributed by atoms with Crippen molar-refractivity contribution in [1.29, 1.82) is 0 Å². The van der Waals surface area contributed by atoms with Crippen molar-refractivity contribution in [2.45, 2.75) is 25.1 Å². The van der Waals surface area contributed by atoms with Crippen molar-refractivity contribution < 1.29 is 4.79 Å². The van der Waals surface area contributed by atoms with Crippen molar-refractivity contribution in [3.8, 4) is 0 Å². The number of amidine groups is 1. The molecule has 28 heavy (non-hydrogen) atoms. The first kappa shape index (κ1) is 18.4. The van der Waals surface area contributed by atoms with Crippen molar-refractivity contribution in [3.05, 3.63) is 83.9 Å². The highest BCUT2D eigenvalue weighted by molar-refractivity contribution is 8.15. The quantitative estimate of drug-likeness (QED) is 0.452. The van der Waals surface area contributed by atoms with Crippen LogP contribution >= 0.6 is 11.8 Å². The van der Waals surface area contributed by atoms with Gasteiger partial charge in [0.25, 0.3) is 0 Å². The molecule has 5 heteroatoms. The molecule has 0 unspecified atom stereocenters. The SMILES string of the molecule is CC[C@H]1S/C(=N/N=C\c2ccccc2)N(Cc2cccc3ccccc23)C1=O. The minimum atomic E-state index is -0.0966. The van der Waals surface area contributed by atoms with Crippen LogP contribution in [0.5, 0.6) is 0 Å². The van der Waals surface area contributed by atoms with E-state index in [0.717, 1.165) is 22.9 Å². The monoisotopic (exact) mass is 387 g/mol. The smallest absolute Gasteiger partial charge is 0.242 e. The summed E-state index contributed by atoms with van der Waals surface area (Å²) in [6, 6.07) is 24.3. The van der Waals surface area contributed by atoms with Gasteiger partial charge in [-0.1, -0.05) is 91.5 Å². The van der Waals surface area contributed by atoms with Crippen molar-refractivity contribution in [2.75, 3.05) is 0 Å². The molecule has 0 aromatic heterocycles. The summed E-state index contributed by atoms with van der Waals surface area (Å²) in [7, 11) is 0. The zero-order chi connectivity index (χ0) is 19.3. The van der Waals surface area contributed by atoms with Gasteiger partial charge in [0.15, 0.2) is 5.17 Å². The van der Waals surface area contributed by atoms with E-state index in [1.807, 2.05) is 55.5 Å². The third-order valence-corrected chi connectivity index (χ3v) is 6.08. The maximum atomic E-state index is 12.9. The zero-order valence-electron chi connectivity index (χ0n) is 15.7. The highest BCUT2D eigenvalue weighted by Gasteiger charge is 2.37. The number of rotatable bonds is 5. The summed E-state index contributed by atoms with van der Waals surface area (Å²) in [6.07, 6.45) is 2.49. The Morgan fingerprint density at radius 1 is 1.00 bits per heavy atom. The first-order chi connectivity index (χ1) is 13.8. The number of thioether (sulfide) groups is 1. The van der Waals surface area contributed by atoms with E-state index in [4.69, 9.17) is 0 Å². The summed E-state index contributed by atoms with van der Waals surface area (Å²) in [5.74, 6) is 0.106. The van der Waals surface area contributed by atoms with E-state index in [9.17, 15) is 4.79 Å². The highest BCUT2D eigenvalue weighted by atomic mass is 32.2. The van der Waals surface area contributed by atoms with Crippen LogP contribution in [0.1, 0.15) is 24.5 Å². The maximum Gasteiger partial charge on any atom is 0.242 e. The van der Waals surface area contributed by atoms with E-state index < -0.39 is 0 Å². The second kappa shape index (κ2) is 8.40. The lowest BCUT2D eigenvalue weighted by molar-refractivity contribution is -0.126.